The predicted molar refractivity (Wildman–Crippen MR) is 136 cm³/mol. The van der Waals surface area contributed by atoms with Crippen LogP contribution in [0.4, 0.5) is 5.69 Å². The summed E-state index contributed by atoms with van der Waals surface area (Å²) in [6.07, 6.45) is 1.25. The van der Waals surface area contributed by atoms with E-state index in [1.165, 1.54) is 16.3 Å². The van der Waals surface area contributed by atoms with Crippen molar-refractivity contribution >= 4 is 28.3 Å². The second-order valence-corrected chi connectivity index (χ2v) is 10.3. The quantitative estimate of drug-likeness (QED) is 0.609. The minimum Gasteiger partial charge on any atom is -0.386 e. The molecule has 180 valence electrons. The Bertz CT molecular complexity index is 1320. The third-order valence-corrected chi connectivity index (χ3v) is 8.40. The number of nitrogens with zero attached hydrogens (tertiary/aromatic N) is 2. The Balaban J connectivity index is 1.25. The topological polar surface area (TPSA) is 72.9 Å². The maximum atomic E-state index is 13.8. The summed E-state index contributed by atoms with van der Waals surface area (Å²) in [5.74, 6) is -0.116. The van der Waals surface area contributed by atoms with E-state index in [0.717, 1.165) is 42.7 Å². The molecular weight excluding hydrogens is 438 g/mol. The van der Waals surface area contributed by atoms with Crippen LogP contribution in [0.25, 0.3) is 10.8 Å². The first-order valence-electron chi connectivity index (χ1n) is 12.5. The van der Waals surface area contributed by atoms with Crippen molar-refractivity contribution in [1.82, 2.24) is 10.2 Å². The first kappa shape index (κ1) is 22.3. The van der Waals surface area contributed by atoms with Crippen LogP contribution < -0.4 is 10.2 Å². The summed E-state index contributed by atoms with van der Waals surface area (Å²) in [4.78, 5) is 30.4. The summed E-state index contributed by atoms with van der Waals surface area (Å²) >= 11 is 0. The summed E-state index contributed by atoms with van der Waals surface area (Å²) in [7, 11) is 1.61. The summed E-state index contributed by atoms with van der Waals surface area (Å²) < 4.78 is 0. The highest BCUT2D eigenvalue weighted by Crippen LogP contribution is 2.49. The maximum absolute atomic E-state index is 13.8. The molecule has 0 aromatic heterocycles. The molecule has 6 heteroatoms. The molecule has 2 amide bonds. The number of para-hydroxylation sites is 1. The number of aliphatic hydroxyl groups is 1. The van der Waals surface area contributed by atoms with Crippen molar-refractivity contribution in [2.45, 2.75) is 49.8 Å². The molecule has 3 aromatic carbocycles. The standard InChI is InChI=1S/C29H31N3O3/c1-29(17-24(33)30-2)22-11-3-4-12-23(22)32(28(29)35)19-13-15-31(16-14-19)26-20-9-5-7-18-8-6-10-21(25(18)20)27(26)34/h3-12,19,26-27,34H,13-17H2,1-2H3,(H,30,33)/t26-,27+,29?/m0/s1. The Morgan fingerprint density at radius 1 is 1.03 bits per heavy atom. The molecule has 3 aliphatic rings. The molecule has 0 spiro atoms. The fourth-order valence-corrected chi connectivity index (χ4v) is 6.64. The summed E-state index contributed by atoms with van der Waals surface area (Å²) in [6, 6.07) is 20.4. The zero-order chi connectivity index (χ0) is 24.3. The van der Waals surface area contributed by atoms with Crippen molar-refractivity contribution in [3.8, 4) is 0 Å². The van der Waals surface area contributed by atoms with Crippen LogP contribution in [0.2, 0.25) is 0 Å². The molecule has 1 aliphatic carbocycles. The van der Waals surface area contributed by atoms with Gasteiger partial charge in [-0.25, -0.2) is 0 Å². The smallest absolute Gasteiger partial charge is 0.238 e. The number of nitrogens with one attached hydrogen (secondary N) is 1. The van der Waals surface area contributed by atoms with Gasteiger partial charge in [-0.05, 0) is 53.3 Å². The van der Waals surface area contributed by atoms with Crippen LogP contribution in [0, 0.1) is 0 Å². The first-order chi connectivity index (χ1) is 16.9. The fraction of sp³-hybridized carbons (Fsp3) is 0.379. The lowest BCUT2D eigenvalue weighted by atomic mass is 9.80. The third-order valence-electron chi connectivity index (χ3n) is 8.40. The molecule has 0 radical (unpaired) electrons. The van der Waals surface area contributed by atoms with Crippen LogP contribution in [0.3, 0.4) is 0 Å². The van der Waals surface area contributed by atoms with E-state index in [-0.39, 0.29) is 30.3 Å². The lowest BCUT2D eigenvalue weighted by molar-refractivity contribution is -0.129. The predicted octanol–water partition coefficient (Wildman–Crippen LogP) is 3.83. The minimum absolute atomic E-state index is 0.0128. The highest BCUT2D eigenvalue weighted by Gasteiger charge is 2.51. The van der Waals surface area contributed by atoms with Crippen molar-refractivity contribution in [2.24, 2.45) is 0 Å². The van der Waals surface area contributed by atoms with Gasteiger partial charge in [-0.15, -0.1) is 0 Å². The summed E-state index contributed by atoms with van der Waals surface area (Å²) in [5, 5.41) is 16.3. The van der Waals surface area contributed by atoms with Gasteiger partial charge in [-0.1, -0.05) is 54.6 Å². The summed E-state index contributed by atoms with van der Waals surface area (Å²) in [6.45, 7) is 3.50. The molecule has 3 aromatic rings. The number of carbonyl (C=O) groups excluding carboxylic acids is 2. The van der Waals surface area contributed by atoms with Gasteiger partial charge in [-0.2, -0.15) is 0 Å². The average Bonchev–Trinajstić information content (AvgIpc) is 3.29. The molecule has 1 saturated heterocycles. The normalized spacial score (nSPS) is 26.4. The van der Waals surface area contributed by atoms with Crippen molar-refractivity contribution in [1.29, 1.82) is 0 Å². The Morgan fingerprint density at radius 2 is 1.71 bits per heavy atom. The van der Waals surface area contributed by atoms with Gasteiger partial charge >= 0.3 is 0 Å². The van der Waals surface area contributed by atoms with Crippen LogP contribution in [0.1, 0.15) is 55.0 Å². The molecule has 2 heterocycles. The molecule has 6 rings (SSSR count). The van der Waals surface area contributed by atoms with Crippen LogP contribution in [-0.4, -0.2) is 48.0 Å². The van der Waals surface area contributed by atoms with Crippen molar-refractivity contribution in [3.05, 3.63) is 77.4 Å². The Kier molecular flexibility index (Phi) is 5.20. The monoisotopic (exact) mass is 469 g/mol. The number of aliphatic hydroxyl groups excluding tert-OH is 1. The van der Waals surface area contributed by atoms with Crippen LogP contribution in [0.5, 0.6) is 0 Å². The Labute approximate surface area is 205 Å². The lowest BCUT2D eigenvalue weighted by Gasteiger charge is -2.41. The number of fused-ring (bicyclic) bond motifs is 1. The molecule has 2 aliphatic heterocycles. The second-order valence-electron chi connectivity index (χ2n) is 10.3. The number of likely N-dealkylation sites (tertiary alicyclic amines) is 1. The zero-order valence-corrected chi connectivity index (χ0v) is 20.2. The van der Waals surface area contributed by atoms with Gasteiger partial charge in [0.2, 0.25) is 11.8 Å². The largest absolute Gasteiger partial charge is 0.386 e. The second kappa shape index (κ2) is 8.18. The maximum Gasteiger partial charge on any atom is 0.238 e. The van der Waals surface area contributed by atoms with E-state index in [1.807, 2.05) is 48.2 Å². The van der Waals surface area contributed by atoms with Crippen molar-refractivity contribution in [3.63, 3.8) is 0 Å². The molecular formula is C29H31N3O3. The van der Waals surface area contributed by atoms with Gasteiger partial charge in [0.1, 0.15) is 0 Å². The minimum atomic E-state index is -0.854. The molecule has 1 fully saturated rings. The number of piperidine rings is 1. The van der Waals surface area contributed by atoms with E-state index in [4.69, 9.17) is 0 Å². The van der Waals surface area contributed by atoms with Gasteiger partial charge in [0.25, 0.3) is 0 Å². The van der Waals surface area contributed by atoms with E-state index in [0.29, 0.717) is 0 Å². The number of hydrogen-bond acceptors (Lipinski definition) is 4. The molecule has 2 N–H and O–H groups in total. The van der Waals surface area contributed by atoms with E-state index in [1.54, 1.807) is 7.05 Å². The molecule has 1 unspecified atom stereocenters. The van der Waals surface area contributed by atoms with Crippen LogP contribution >= 0.6 is 0 Å². The van der Waals surface area contributed by atoms with Gasteiger partial charge in [-0.3, -0.25) is 14.5 Å². The fourth-order valence-electron chi connectivity index (χ4n) is 6.64. The van der Waals surface area contributed by atoms with Gasteiger partial charge < -0.3 is 15.3 Å². The lowest BCUT2D eigenvalue weighted by Crippen LogP contribution is -2.50. The van der Waals surface area contributed by atoms with Crippen molar-refractivity contribution < 1.29 is 14.7 Å². The average molecular weight is 470 g/mol. The van der Waals surface area contributed by atoms with E-state index < -0.39 is 11.5 Å². The number of anilines is 1. The summed E-state index contributed by atoms with van der Waals surface area (Å²) in [5.41, 5.74) is 3.22. The Morgan fingerprint density at radius 3 is 2.43 bits per heavy atom. The third kappa shape index (κ3) is 3.23. The Hall–Kier alpha value is -3.22. The molecule has 3 atom stereocenters. The molecule has 0 bridgehead atoms. The number of amides is 2. The number of hydrogen-bond donors (Lipinski definition) is 2. The SMILES string of the molecule is CNC(=O)CC1(C)C(=O)N(C2CCN([C@H]3c4cccc5cccc(c45)[C@H]3O)CC2)c2ccccc21. The first-order valence-corrected chi connectivity index (χ1v) is 12.5. The van der Waals surface area contributed by atoms with Crippen LogP contribution in [-0.2, 0) is 15.0 Å². The zero-order valence-electron chi connectivity index (χ0n) is 20.2. The highest BCUT2D eigenvalue weighted by atomic mass is 16.3. The number of carbonyl (C=O) groups is 2. The van der Waals surface area contributed by atoms with Gasteiger partial charge in [0.15, 0.2) is 0 Å². The van der Waals surface area contributed by atoms with Crippen LogP contribution in [0.15, 0.2) is 60.7 Å². The van der Waals surface area contributed by atoms with Crippen molar-refractivity contribution in [2.75, 3.05) is 25.0 Å². The van der Waals surface area contributed by atoms with Gasteiger partial charge in [0, 0.05) is 38.3 Å². The number of rotatable bonds is 4. The van der Waals surface area contributed by atoms with E-state index in [9.17, 15) is 14.7 Å². The molecule has 6 nitrogen and oxygen atoms in total. The van der Waals surface area contributed by atoms with Gasteiger partial charge in [0.05, 0.1) is 17.6 Å². The number of benzene rings is 3. The molecule has 0 saturated carbocycles. The van der Waals surface area contributed by atoms with E-state index in [2.05, 4.69) is 34.5 Å². The van der Waals surface area contributed by atoms with E-state index >= 15 is 0 Å². The molecule has 35 heavy (non-hydrogen) atoms. The highest BCUT2D eigenvalue weighted by molar-refractivity contribution is 6.10.